The Morgan fingerprint density at radius 1 is 1.37 bits per heavy atom. The molecule has 0 aliphatic carbocycles. The molecule has 140 valence electrons. The van der Waals surface area contributed by atoms with Gasteiger partial charge in [-0.1, -0.05) is 17.5 Å². The van der Waals surface area contributed by atoms with Gasteiger partial charge in [0.1, 0.15) is 10.7 Å². The van der Waals surface area contributed by atoms with Crippen LogP contribution in [0.3, 0.4) is 0 Å². The van der Waals surface area contributed by atoms with Crippen molar-refractivity contribution < 1.29 is 4.79 Å². The number of aryl methyl sites for hydroxylation is 1. The molecule has 7 nitrogen and oxygen atoms in total. The van der Waals surface area contributed by atoms with E-state index in [1.807, 2.05) is 36.5 Å². The highest BCUT2D eigenvalue weighted by Gasteiger charge is 2.30. The Kier molecular flexibility index (Phi) is 5.24. The second kappa shape index (κ2) is 7.96. The van der Waals surface area contributed by atoms with Gasteiger partial charge in [0.15, 0.2) is 0 Å². The summed E-state index contributed by atoms with van der Waals surface area (Å²) in [5.74, 6) is 1.33. The normalized spacial score (nSPS) is 17.2. The molecule has 3 aromatic heterocycles. The first kappa shape index (κ1) is 17.8. The van der Waals surface area contributed by atoms with Gasteiger partial charge in [0.25, 0.3) is 5.91 Å². The van der Waals surface area contributed by atoms with E-state index in [4.69, 9.17) is 0 Å². The van der Waals surface area contributed by atoms with E-state index in [2.05, 4.69) is 30.2 Å². The number of nitrogens with zero attached hydrogens (tertiary/aromatic N) is 6. The fourth-order valence-corrected chi connectivity index (χ4v) is 4.34. The van der Waals surface area contributed by atoms with Gasteiger partial charge < -0.3 is 9.47 Å². The highest BCUT2D eigenvalue weighted by atomic mass is 32.1. The Morgan fingerprint density at radius 2 is 2.30 bits per heavy atom. The van der Waals surface area contributed by atoms with Crippen molar-refractivity contribution in [3.05, 3.63) is 58.9 Å². The molecule has 0 N–H and O–H groups in total. The van der Waals surface area contributed by atoms with Crippen molar-refractivity contribution in [3.8, 4) is 0 Å². The summed E-state index contributed by atoms with van der Waals surface area (Å²) in [5.41, 5.74) is 1.94. The molecule has 0 bridgehead atoms. The number of amides is 1. The number of piperidine rings is 1. The number of hydrogen-bond acceptors (Lipinski definition) is 6. The maximum Gasteiger partial charge on any atom is 0.267 e. The number of hydrogen-bond donors (Lipinski definition) is 0. The van der Waals surface area contributed by atoms with Crippen LogP contribution in [-0.4, -0.2) is 48.0 Å². The smallest absolute Gasteiger partial charge is 0.267 e. The van der Waals surface area contributed by atoms with Crippen LogP contribution in [0.5, 0.6) is 0 Å². The monoisotopic (exact) mass is 382 g/mol. The zero-order valence-electron chi connectivity index (χ0n) is 15.3. The predicted molar refractivity (Wildman–Crippen MR) is 103 cm³/mol. The van der Waals surface area contributed by atoms with E-state index >= 15 is 0 Å². The maximum atomic E-state index is 13.0. The minimum absolute atomic E-state index is 0.0527. The van der Waals surface area contributed by atoms with Gasteiger partial charge in [0, 0.05) is 43.8 Å². The van der Waals surface area contributed by atoms with Gasteiger partial charge in [0.2, 0.25) is 0 Å². The molecule has 8 heteroatoms. The number of aromatic nitrogens is 5. The molecule has 1 aliphatic rings. The van der Waals surface area contributed by atoms with Crippen LogP contribution in [0.25, 0.3) is 0 Å². The van der Waals surface area contributed by atoms with E-state index in [1.165, 1.54) is 11.5 Å². The van der Waals surface area contributed by atoms with E-state index in [9.17, 15) is 4.79 Å². The second-order valence-electron chi connectivity index (χ2n) is 6.77. The summed E-state index contributed by atoms with van der Waals surface area (Å²) in [6.07, 6.45) is 10.2. The van der Waals surface area contributed by atoms with Crippen molar-refractivity contribution in [1.29, 1.82) is 0 Å². The number of imidazole rings is 1. The summed E-state index contributed by atoms with van der Waals surface area (Å²) in [7, 11) is 0. The minimum atomic E-state index is 0.0527. The zero-order chi connectivity index (χ0) is 18.6. The molecule has 1 amide bonds. The highest BCUT2D eigenvalue weighted by molar-refractivity contribution is 7.08. The molecule has 3 aromatic rings. The summed E-state index contributed by atoms with van der Waals surface area (Å²) in [4.78, 5) is 24.4. The Bertz CT molecular complexity index is 906. The van der Waals surface area contributed by atoms with Gasteiger partial charge >= 0.3 is 0 Å². The average Bonchev–Trinajstić information content (AvgIpc) is 3.37. The molecule has 27 heavy (non-hydrogen) atoms. The Hall–Kier alpha value is -2.61. The third kappa shape index (κ3) is 3.75. The second-order valence-corrected chi connectivity index (χ2v) is 7.52. The fraction of sp³-hybridized carbons (Fsp3) is 0.421. The van der Waals surface area contributed by atoms with Gasteiger partial charge in [-0.05, 0) is 42.4 Å². The van der Waals surface area contributed by atoms with Crippen LogP contribution in [0.15, 0.2) is 36.9 Å². The van der Waals surface area contributed by atoms with Crippen LogP contribution in [-0.2, 0) is 13.0 Å². The lowest BCUT2D eigenvalue weighted by molar-refractivity contribution is 0.0707. The number of likely N-dealkylation sites (tertiary alicyclic amines) is 1. The third-order valence-corrected chi connectivity index (χ3v) is 5.74. The van der Waals surface area contributed by atoms with E-state index in [0.29, 0.717) is 11.4 Å². The lowest BCUT2D eigenvalue weighted by Gasteiger charge is -2.32. The van der Waals surface area contributed by atoms with Crippen LogP contribution in [0.1, 0.15) is 52.4 Å². The molecular weight excluding hydrogens is 360 g/mol. The molecule has 1 aliphatic heterocycles. The number of pyridine rings is 1. The molecule has 1 atom stereocenters. The first-order chi connectivity index (χ1) is 13.3. The van der Waals surface area contributed by atoms with E-state index in [0.717, 1.165) is 49.4 Å². The Balaban J connectivity index is 1.51. The quantitative estimate of drug-likeness (QED) is 0.678. The molecule has 1 fully saturated rings. The van der Waals surface area contributed by atoms with Gasteiger partial charge in [-0.3, -0.25) is 9.78 Å². The summed E-state index contributed by atoms with van der Waals surface area (Å²) >= 11 is 1.20. The lowest BCUT2D eigenvalue weighted by Crippen LogP contribution is -2.39. The van der Waals surface area contributed by atoms with Crippen molar-refractivity contribution in [2.24, 2.45) is 0 Å². The third-order valence-electron chi connectivity index (χ3n) is 4.98. The summed E-state index contributed by atoms with van der Waals surface area (Å²) < 4.78 is 6.13. The van der Waals surface area contributed by atoms with Crippen molar-refractivity contribution in [1.82, 2.24) is 29.0 Å². The molecule has 0 aromatic carbocycles. The minimum Gasteiger partial charge on any atom is -0.337 e. The Morgan fingerprint density at radius 3 is 3.11 bits per heavy atom. The molecule has 0 saturated carbocycles. The first-order valence-corrected chi connectivity index (χ1v) is 10.0. The molecule has 0 spiro atoms. The van der Waals surface area contributed by atoms with Crippen molar-refractivity contribution in [3.63, 3.8) is 0 Å². The number of rotatable bonds is 5. The fourth-order valence-electron chi connectivity index (χ4n) is 3.62. The number of carbonyl (C=O) groups excluding carboxylic acids is 1. The average molecular weight is 382 g/mol. The van der Waals surface area contributed by atoms with Gasteiger partial charge in [-0.2, -0.15) is 0 Å². The zero-order valence-corrected chi connectivity index (χ0v) is 16.1. The van der Waals surface area contributed by atoms with Crippen molar-refractivity contribution in [2.75, 3.05) is 13.1 Å². The standard InChI is InChI=1S/C19H22N6OS/c1-2-16-17(27-23-22-16)19(26)25-9-4-6-15(13-25)18-21-8-10-24(18)12-14-5-3-7-20-11-14/h3,5,7-8,10-11,15H,2,4,6,9,12-13H2,1H3/t15-/m1/s1. The molecule has 4 heterocycles. The van der Waals surface area contributed by atoms with Gasteiger partial charge in [-0.15, -0.1) is 5.10 Å². The topological polar surface area (TPSA) is 76.8 Å². The molecule has 4 rings (SSSR count). The van der Waals surface area contributed by atoms with E-state index in [1.54, 1.807) is 6.20 Å². The van der Waals surface area contributed by atoms with Gasteiger partial charge in [0.05, 0.1) is 12.2 Å². The van der Waals surface area contributed by atoms with Crippen LogP contribution >= 0.6 is 11.5 Å². The van der Waals surface area contributed by atoms with Crippen molar-refractivity contribution in [2.45, 2.75) is 38.6 Å². The SMILES string of the molecule is CCc1nnsc1C(=O)N1CCC[C@@H](c2nccn2Cc2cccnc2)C1. The van der Waals surface area contributed by atoms with Crippen molar-refractivity contribution >= 4 is 17.4 Å². The molecular formula is C19H22N6OS. The van der Waals surface area contributed by atoms with Crippen LogP contribution in [0.4, 0.5) is 0 Å². The molecule has 0 unspecified atom stereocenters. The highest BCUT2D eigenvalue weighted by Crippen LogP contribution is 2.28. The largest absolute Gasteiger partial charge is 0.337 e. The summed E-state index contributed by atoms with van der Waals surface area (Å²) in [5, 5.41) is 4.08. The molecule has 1 saturated heterocycles. The predicted octanol–water partition coefficient (Wildman–Crippen LogP) is 2.76. The summed E-state index contributed by atoms with van der Waals surface area (Å²) in [6.45, 7) is 4.21. The van der Waals surface area contributed by atoms with Gasteiger partial charge in [-0.25, -0.2) is 4.98 Å². The lowest BCUT2D eigenvalue weighted by atomic mass is 9.96. The first-order valence-electron chi connectivity index (χ1n) is 9.26. The summed E-state index contributed by atoms with van der Waals surface area (Å²) in [6, 6.07) is 4.01. The van der Waals surface area contributed by atoms with E-state index in [-0.39, 0.29) is 11.8 Å². The van der Waals surface area contributed by atoms with E-state index < -0.39 is 0 Å². The van der Waals surface area contributed by atoms with Crippen LogP contribution in [0.2, 0.25) is 0 Å². The van der Waals surface area contributed by atoms with Crippen LogP contribution in [0, 0.1) is 0 Å². The Labute approximate surface area is 162 Å². The molecule has 0 radical (unpaired) electrons. The number of carbonyl (C=O) groups is 1. The van der Waals surface area contributed by atoms with Crippen LogP contribution < -0.4 is 0 Å². The maximum absolute atomic E-state index is 13.0.